The first kappa shape index (κ1) is 8.56. The molecule has 0 aliphatic carbocycles. The Morgan fingerprint density at radius 2 is 2.36 bits per heavy atom. The fourth-order valence-corrected chi connectivity index (χ4v) is 1.29. The van der Waals surface area contributed by atoms with Crippen molar-refractivity contribution in [3.05, 3.63) is 12.3 Å². The molecule has 0 spiro atoms. The molecule has 0 aromatic heterocycles. The highest BCUT2D eigenvalue weighted by Crippen LogP contribution is 2.19. The molecule has 3 heteroatoms. The molecular formula is C8H15NO2. The number of nitrogens with zero attached hydrogens (tertiary/aromatic N) is 1. The van der Waals surface area contributed by atoms with E-state index in [-0.39, 0.29) is 12.3 Å². The zero-order valence-corrected chi connectivity index (χ0v) is 7.33. The highest BCUT2D eigenvalue weighted by molar-refractivity contribution is 4.95. The van der Waals surface area contributed by atoms with Crippen LogP contribution in [0.1, 0.15) is 6.92 Å². The monoisotopic (exact) mass is 157 g/mol. The Labute approximate surface area is 67.6 Å². The SMILES string of the molecule is C=C(OC)[C@@H]1O[C@H](C)CN1C. The van der Waals surface area contributed by atoms with Crippen LogP contribution in [0.2, 0.25) is 0 Å². The first-order valence-electron chi connectivity index (χ1n) is 3.73. The van der Waals surface area contributed by atoms with Crippen molar-refractivity contribution < 1.29 is 9.47 Å². The van der Waals surface area contributed by atoms with Gasteiger partial charge in [0.2, 0.25) is 0 Å². The van der Waals surface area contributed by atoms with Crippen LogP contribution in [0.25, 0.3) is 0 Å². The molecule has 1 fully saturated rings. The number of hydrogen-bond donors (Lipinski definition) is 0. The fraction of sp³-hybridized carbons (Fsp3) is 0.750. The Morgan fingerprint density at radius 1 is 1.73 bits per heavy atom. The lowest BCUT2D eigenvalue weighted by atomic mass is 10.4. The van der Waals surface area contributed by atoms with Gasteiger partial charge in [-0.15, -0.1) is 0 Å². The summed E-state index contributed by atoms with van der Waals surface area (Å²) < 4.78 is 10.5. The molecule has 0 aromatic carbocycles. The second-order valence-electron chi connectivity index (χ2n) is 2.91. The molecule has 1 rings (SSSR count). The van der Waals surface area contributed by atoms with E-state index in [2.05, 4.69) is 11.5 Å². The summed E-state index contributed by atoms with van der Waals surface area (Å²) in [6, 6.07) is 0. The third-order valence-corrected chi connectivity index (χ3v) is 1.84. The van der Waals surface area contributed by atoms with Crippen LogP contribution in [0.5, 0.6) is 0 Å². The summed E-state index contributed by atoms with van der Waals surface area (Å²) >= 11 is 0. The van der Waals surface area contributed by atoms with E-state index in [9.17, 15) is 0 Å². The normalized spacial score (nSPS) is 32.3. The minimum absolute atomic E-state index is 0.0602. The molecule has 1 aliphatic heterocycles. The smallest absolute Gasteiger partial charge is 0.168 e. The number of likely N-dealkylation sites (N-methyl/N-ethyl adjacent to an activating group) is 1. The van der Waals surface area contributed by atoms with Gasteiger partial charge in [-0.1, -0.05) is 6.58 Å². The molecule has 0 saturated carbocycles. The van der Waals surface area contributed by atoms with Gasteiger partial charge < -0.3 is 9.47 Å². The van der Waals surface area contributed by atoms with Gasteiger partial charge in [0, 0.05) is 6.54 Å². The van der Waals surface area contributed by atoms with Gasteiger partial charge in [0.1, 0.15) is 5.76 Å². The van der Waals surface area contributed by atoms with Gasteiger partial charge in [0.25, 0.3) is 0 Å². The molecule has 2 atom stereocenters. The lowest BCUT2D eigenvalue weighted by Crippen LogP contribution is -2.27. The summed E-state index contributed by atoms with van der Waals surface area (Å²) in [7, 11) is 3.61. The Kier molecular flexibility index (Phi) is 2.52. The Hall–Kier alpha value is -0.540. The number of methoxy groups -OCH3 is 1. The Morgan fingerprint density at radius 3 is 2.73 bits per heavy atom. The largest absolute Gasteiger partial charge is 0.497 e. The molecule has 0 unspecified atom stereocenters. The first-order chi connectivity index (χ1) is 5.15. The molecular weight excluding hydrogens is 142 g/mol. The van der Waals surface area contributed by atoms with Crippen molar-refractivity contribution in [2.24, 2.45) is 0 Å². The minimum atomic E-state index is -0.0602. The molecule has 64 valence electrons. The van der Waals surface area contributed by atoms with Crippen molar-refractivity contribution in [1.29, 1.82) is 0 Å². The predicted molar refractivity (Wildman–Crippen MR) is 43.1 cm³/mol. The Balaban J connectivity index is 2.52. The van der Waals surface area contributed by atoms with Gasteiger partial charge in [-0.3, -0.25) is 4.90 Å². The zero-order chi connectivity index (χ0) is 8.43. The van der Waals surface area contributed by atoms with Crippen molar-refractivity contribution in [1.82, 2.24) is 4.90 Å². The summed E-state index contributed by atoms with van der Waals surface area (Å²) in [5.74, 6) is 0.678. The molecule has 0 bridgehead atoms. The molecule has 1 saturated heterocycles. The van der Waals surface area contributed by atoms with Gasteiger partial charge in [-0.05, 0) is 14.0 Å². The van der Waals surface area contributed by atoms with Gasteiger partial charge in [-0.25, -0.2) is 0 Å². The second kappa shape index (κ2) is 3.24. The first-order valence-corrected chi connectivity index (χ1v) is 3.73. The van der Waals surface area contributed by atoms with Crippen LogP contribution in [0, 0.1) is 0 Å². The maximum Gasteiger partial charge on any atom is 0.168 e. The van der Waals surface area contributed by atoms with Crippen LogP contribution in [-0.2, 0) is 9.47 Å². The Bertz CT molecular complexity index is 158. The van der Waals surface area contributed by atoms with Crippen molar-refractivity contribution in [2.45, 2.75) is 19.3 Å². The topological polar surface area (TPSA) is 21.7 Å². The van der Waals surface area contributed by atoms with Crippen LogP contribution in [-0.4, -0.2) is 37.9 Å². The number of ether oxygens (including phenoxy) is 2. The maximum atomic E-state index is 5.53. The molecule has 0 N–H and O–H groups in total. The van der Waals surface area contributed by atoms with Gasteiger partial charge in [0.15, 0.2) is 6.23 Å². The van der Waals surface area contributed by atoms with E-state index < -0.39 is 0 Å². The lowest BCUT2D eigenvalue weighted by molar-refractivity contribution is 0.00569. The third kappa shape index (κ3) is 1.73. The summed E-state index contributed by atoms with van der Waals surface area (Å²) in [6.07, 6.45) is 0.215. The molecule has 1 aliphatic rings. The van der Waals surface area contributed by atoms with E-state index in [1.807, 2.05) is 14.0 Å². The van der Waals surface area contributed by atoms with Crippen molar-refractivity contribution in [3.63, 3.8) is 0 Å². The van der Waals surface area contributed by atoms with Crippen LogP contribution >= 0.6 is 0 Å². The minimum Gasteiger partial charge on any atom is -0.497 e. The molecule has 0 aromatic rings. The average Bonchev–Trinajstić information content (AvgIpc) is 2.28. The van der Waals surface area contributed by atoms with Crippen LogP contribution < -0.4 is 0 Å². The van der Waals surface area contributed by atoms with E-state index in [1.165, 1.54) is 0 Å². The van der Waals surface area contributed by atoms with Gasteiger partial charge in [-0.2, -0.15) is 0 Å². The van der Waals surface area contributed by atoms with E-state index in [4.69, 9.17) is 9.47 Å². The number of hydrogen-bond acceptors (Lipinski definition) is 3. The molecule has 11 heavy (non-hydrogen) atoms. The zero-order valence-electron chi connectivity index (χ0n) is 7.33. The molecule has 1 heterocycles. The van der Waals surface area contributed by atoms with E-state index in [1.54, 1.807) is 7.11 Å². The highest BCUT2D eigenvalue weighted by atomic mass is 16.6. The molecule has 3 nitrogen and oxygen atoms in total. The summed E-state index contributed by atoms with van der Waals surface area (Å²) in [4.78, 5) is 2.08. The average molecular weight is 157 g/mol. The summed E-state index contributed by atoms with van der Waals surface area (Å²) in [5.41, 5.74) is 0. The van der Waals surface area contributed by atoms with E-state index >= 15 is 0 Å². The van der Waals surface area contributed by atoms with Gasteiger partial charge >= 0.3 is 0 Å². The third-order valence-electron chi connectivity index (χ3n) is 1.84. The maximum absolute atomic E-state index is 5.53. The lowest BCUT2D eigenvalue weighted by Gasteiger charge is -2.18. The fourth-order valence-electron chi connectivity index (χ4n) is 1.29. The highest BCUT2D eigenvalue weighted by Gasteiger charge is 2.29. The van der Waals surface area contributed by atoms with Crippen LogP contribution in [0.4, 0.5) is 0 Å². The standard InChI is InChI=1S/C8H15NO2/c1-6-5-9(3)8(11-6)7(2)10-4/h6,8H,2,5H2,1,3-4H3/t6-,8+/m1/s1. The van der Waals surface area contributed by atoms with Crippen molar-refractivity contribution in [3.8, 4) is 0 Å². The summed E-state index contributed by atoms with van der Waals surface area (Å²) in [5, 5.41) is 0. The van der Waals surface area contributed by atoms with E-state index in [0.29, 0.717) is 5.76 Å². The van der Waals surface area contributed by atoms with Crippen LogP contribution in [0.15, 0.2) is 12.3 Å². The van der Waals surface area contributed by atoms with Crippen LogP contribution in [0.3, 0.4) is 0 Å². The number of rotatable bonds is 2. The second-order valence-corrected chi connectivity index (χ2v) is 2.91. The molecule has 0 radical (unpaired) electrons. The van der Waals surface area contributed by atoms with Gasteiger partial charge in [0.05, 0.1) is 13.2 Å². The van der Waals surface area contributed by atoms with Crippen molar-refractivity contribution >= 4 is 0 Å². The van der Waals surface area contributed by atoms with Crippen molar-refractivity contribution in [2.75, 3.05) is 20.7 Å². The van der Waals surface area contributed by atoms with E-state index in [0.717, 1.165) is 6.54 Å². The predicted octanol–water partition coefficient (Wildman–Crippen LogP) is 0.823. The quantitative estimate of drug-likeness (QED) is 0.554. The summed E-state index contributed by atoms with van der Waals surface area (Å²) in [6.45, 7) is 6.73. The molecule has 0 amide bonds.